The van der Waals surface area contributed by atoms with Gasteiger partial charge in [-0.15, -0.1) is 0 Å². The maximum atomic E-state index is 11.3. The number of primary amides is 1. The Balaban J connectivity index is 1.83. The largest absolute Gasteiger partial charge is 0.364 e. The molecule has 0 spiro atoms. The standard InChI is InChI=1S/C17H21N5O/c1-11-9-12(2)20-17(19-11)22-8-4-5-13(10-22)14-6-3-7-15(21-14)16(18)23/h3,6-7,9,13H,4-5,8,10H2,1-2H3,(H2,18,23)/t13-/m1/s1. The van der Waals surface area contributed by atoms with E-state index in [9.17, 15) is 4.79 Å². The number of anilines is 1. The van der Waals surface area contributed by atoms with Gasteiger partial charge in [-0.2, -0.15) is 0 Å². The number of carbonyl (C=O) groups excluding carboxylic acids is 1. The molecule has 0 aromatic carbocycles. The van der Waals surface area contributed by atoms with Crippen molar-refractivity contribution in [2.75, 3.05) is 18.0 Å². The average Bonchev–Trinajstić information content (AvgIpc) is 2.54. The minimum absolute atomic E-state index is 0.257. The minimum atomic E-state index is -0.489. The number of hydrogen-bond donors (Lipinski definition) is 1. The summed E-state index contributed by atoms with van der Waals surface area (Å²) in [4.78, 5) is 27.0. The number of piperidine rings is 1. The zero-order chi connectivity index (χ0) is 16.4. The topological polar surface area (TPSA) is 85.0 Å². The molecule has 0 saturated carbocycles. The van der Waals surface area contributed by atoms with Crippen LogP contribution in [0, 0.1) is 13.8 Å². The van der Waals surface area contributed by atoms with E-state index >= 15 is 0 Å². The van der Waals surface area contributed by atoms with Crippen molar-refractivity contribution < 1.29 is 4.79 Å². The van der Waals surface area contributed by atoms with Gasteiger partial charge in [0.2, 0.25) is 5.95 Å². The highest BCUT2D eigenvalue weighted by Gasteiger charge is 2.24. The van der Waals surface area contributed by atoms with Crippen LogP contribution in [-0.4, -0.2) is 33.9 Å². The lowest BCUT2D eigenvalue weighted by atomic mass is 9.94. The minimum Gasteiger partial charge on any atom is -0.364 e. The van der Waals surface area contributed by atoms with Crippen LogP contribution in [-0.2, 0) is 0 Å². The molecule has 6 heteroatoms. The molecule has 3 rings (SSSR count). The molecular formula is C17H21N5O. The molecule has 1 fully saturated rings. The maximum Gasteiger partial charge on any atom is 0.267 e. The summed E-state index contributed by atoms with van der Waals surface area (Å²) in [5, 5.41) is 0. The second-order valence-electron chi connectivity index (χ2n) is 6.05. The lowest BCUT2D eigenvalue weighted by Crippen LogP contribution is -2.36. The predicted molar refractivity (Wildman–Crippen MR) is 88.4 cm³/mol. The van der Waals surface area contributed by atoms with Crippen molar-refractivity contribution in [2.45, 2.75) is 32.6 Å². The van der Waals surface area contributed by atoms with Gasteiger partial charge in [-0.3, -0.25) is 4.79 Å². The Morgan fingerprint density at radius 1 is 1.22 bits per heavy atom. The molecule has 0 unspecified atom stereocenters. The highest BCUT2D eigenvalue weighted by molar-refractivity contribution is 5.90. The van der Waals surface area contributed by atoms with Crippen molar-refractivity contribution in [3.63, 3.8) is 0 Å². The summed E-state index contributed by atoms with van der Waals surface area (Å²) in [7, 11) is 0. The molecule has 2 N–H and O–H groups in total. The Hall–Kier alpha value is -2.50. The van der Waals surface area contributed by atoms with Gasteiger partial charge in [-0.1, -0.05) is 6.07 Å². The van der Waals surface area contributed by atoms with Crippen molar-refractivity contribution >= 4 is 11.9 Å². The maximum absolute atomic E-state index is 11.3. The fraction of sp³-hybridized carbons (Fsp3) is 0.412. The van der Waals surface area contributed by atoms with Crippen LogP contribution in [0.2, 0.25) is 0 Å². The number of nitrogens with zero attached hydrogens (tertiary/aromatic N) is 4. The first-order valence-electron chi connectivity index (χ1n) is 7.87. The van der Waals surface area contributed by atoms with Crippen LogP contribution in [0.1, 0.15) is 46.3 Å². The number of amides is 1. The molecule has 23 heavy (non-hydrogen) atoms. The van der Waals surface area contributed by atoms with Crippen LogP contribution < -0.4 is 10.6 Å². The summed E-state index contributed by atoms with van der Waals surface area (Å²) in [6.07, 6.45) is 2.08. The number of aryl methyl sites for hydroxylation is 2. The monoisotopic (exact) mass is 311 g/mol. The third-order valence-electron chi connectivity index (χ3n) is 4.12. The van der Waals surface area contributed by atoms with E-state index in [1.807, 2.05) is 32.0 Å². The third kappa shape index (κ3) is 3.47. The summed E-state index contributed by atoms with van der Waals surface area (Å²) in [6.45, 7) is 5.71. The van der Waals surface area contributed by atoms with Gasteiger partial charge in [-0.25, -0.2) is 15.0 Å². The third-order valence-corrected chi connectivity index (χ3v) is 4.12. The van der Waals surface area contributed by atoms with Gasteiger partial charge in [0.05, 0.1) is 0 Å². The molecule has 6 nitrogen and oxygen atoms in total. The number of aromatic nitrogens is 3. The van der Waals surface area contributed by atoms with E-state index in [1.165, 1.54) is 0 Å². The first kappa shape index (κ1) is 15.4. The molecule has 0 bridgehead atoms. The van der Waals surface area contributed by atoms with E-state index in [1.54, 1.807) is 6.07 Å². The van der Waals surface area contributed by atoms with E-state index in [-0.39, 0.29) is 5.92 Å². The molecule has 1 aliphatic rings. The predicted octanol–water partition coefficient (Wildman–Crippen LogP) is 1.97. The van der Waals surface area contributed by atoms with Crippen LogP contribution in [0.4, 0.5) is 5.95 Å². The Labute approximate surface area is 135 Å². The van der Waals surface area contributed by atoms with Crippen molar-refractivity contribution in [3.8, 4) is 0 Å². The fourth-order valence-electron chi connectivity index (χ4n) is 3.07. The number of hydrogen-bond acceptors (Lipinski definition) is 5. The second-order valence-corrected chi connectivity index (χ2v) is 6.05. The van der Waals surface area contributed by atoms with E-state index in [4.69, 9.17) is 5.73 Å². The zero-order valence-corrected chi connectivity index (χ0v) is 13.5. The Kier molecular flexibility index (Phi) is 4.23. The highest BCUT2D eigenvalue weighted by Crippen LogP contribution is 2.27. The smallest absolute Gasteiger partial charge is 0.267 e. The molecule has 1 amide bonds. The number of rotatable bonds is 3. The quantitative estimate of drug-likeness (QED) is 0.936. The van der Waals surface area contributed by atoms with E-state index in [2.05, 4.69) is 19.9 Å². The van der Waals surface area contributed by atoms with E-state index in [0.29, 0.717) is 5.69 Å². The molecule has 2 aromatic heterocycles. The Bertz CT molecular complexity index is 710. The first-order valence-corrected chi connectivity index (χ1v) is 7.87. The van der Waals surface area contributed by atoms with Gasteiger partial charge in [0.15, 0.2) is 0 Å². The lowest BCUT2D eigenvalue weighted by molar-refractivity contribution is 0.0995. The summed E-state index contributed by atoms with van der Waals surface area (Å²) < 4.78 is 0. The Morgan fingerprint density at radius 3 is 2.65 bits per heavy atom. The number of nitrogens with two attached hydrogens (primary N) is 1. The van der Waals surface area contributed by atoms with E-state index < -0.39 is 5.91 Å². The fourth-order valence-corrected chi connectivity index (χ4v) is 3.07. The molecule has 1 saturated heterocycles. The average molecular weight is 311 g/mol. The summed E-state index contributed by atoms with van der Waals surface area (Å²) in [5.74, 6) is 0.544. The molecule has 0 aliphatic carbocycles. The molecule has 1 aliphatic heterocycles. The molecule has 2 aromatic rings. The van der Waals surface area contributed by atoms with Crippen LogP contribution in [0.25, 0.3) is 0 Å². The van der Waals surface area contributed by atoms with Crippen LogP contribution >= 0.6 is 0 Å². The van der Waals surface area contributed by atoms with Crippen LogP contribution in [0.5, 0.6) is 0 Å². The molecular weight excluding hydrogens is 290 g/mol. The van der Waals surface area contributed by atoms with Crippen molar-refractivity contribution in [1.82, 2.24) is 15.0 Å². The Morgan fingerprint density at radius 2 is 1.96 bits per heavy atom. The van der Waals surface area contributed by atoms with Crippen molar-refractivity contribution in [3.05, 3.63) is 47.0 Å². The highest BCUT2D eigenvalue weighted by atomic mass is 16.1. The van der Waals surface area contributed by atoms with Gasteiger partial charge < -0.3 is 10.6 Å². The van der Waals surface area contributed by atoms with Gasteiger partial charge in [-0.05, 0) is 44.9 Å². The van der Waals surface area contributed by atoms with Gasteiger partial charge in [0.1, 0.15) is 5.69 Å². The number of carbonyl (C=O) groups is 1. The van der Waals surface area contributed by atoms with Crippen LogP contribution in [0.15, 0.2) is 24.3 Å². The summed E-state index contributed by atoms with van der Waals surface area (Å²) in [6, 6.07) is 7.43. The van der Waals surface area contributed by atoms with E-state index in [0.717, 1.165) is 49.0 Å². The molecule has 1 atom stereocenters. The summed E-state index contributed by atoms with van der Waals surface area (Å²) in [5.41, 5.74) is 8.52. The van der Waals surface area contributed by atoms with Gasteiger partial charge in [0.25, 0.3) is 5.91 Å². The van der Waals surface area contributed by atoms with Gasteiger partial charge >= 0.3 is 0 Å². The van der Waals surface area contributed by atoms with Crippen molar-refractivity contribution in [1.29, 1.82) is 0 Å². The zero-order valence-electron chi connectivity index (χ0n) is 13.5. The first-order chi connectivity index (χ1) is 11.0. The second kappa shape index (κ2) is 6.32. The SMILES string of the molecule is Cc1cc(C)nc(N2CCC[C@@H](c3cccc(C(N)=O)n3)C2)n1. The van der Waals surface area contributed by atoms with Crippen molar-refractivity contribution in [2.24, 2.45) is 5.73 Å². The number of pyridine rings is 1. The van der Waals surface area contributed by atoms with Gasteiger partial charge in [0, 0.05) is 36.1 Å². The molecule has 120 valence electrons. The van der Waals surface area contributed by atoms with Crippen LogP contribution in [0.3, 0.4) is 0 Å². The normalized spacial score (nSPS) is 18.0. The summed E-state index contributed by atoms with van der Waals surface area (Å²) >= 11 is 0. The molecule has 0 radical (unpaired) electrons. The lowest BCUT2D eigenvalue weighted by Gasteiger charge is -2.32. The molecule has 3 heterocycles.